The smallest absolute Gasteiger partial charge is 0.236 e. The Bertz CT molecular complexity index is 463. The number of aromatic nitrogens is 1. The summed E-state index contributed by atoms with van der Waals surface area (Å²) in [4.78, 5) is 23.5. The van der Waals surface area contributed by atoms with Crippen LogP contribution in [0.15, 0.2) is 24.4 Å². The number of piperazine rings is 1. The Morgan fingerprint density at radius 2 is 1.68 bits per heavy atom. The molecule has 1 aromatic heterocycles. The van der Waals surface area contributed by atoms with Crippen LogP contribution in [-0.2, 0) is 4.79 Å². The van der Waals surface area contributed by atoms with Crippen LogP contribution in [0, 0.1) is 0 Å². The molecule has 2 fully saturated rings. The first kappa shape index (κ1) is 15.3. The lowest BCUT2D eigenvalue weighted by molar-refractivity contribution is -0.132. The molecule has 0 bridgehead atoms. The third kappa shape index (κ3) is 3.97. The SMILES string of the molecule is O=C(CN1CCN(c2ccccn2)CC1)N1CCCCCC1. The Labute approximate surface area is 132 Å². The van der Waals surface area contributed by atoms with Crippen LogP contribution in [0.3, 0.4) is 0 Å². The molecule has 2 saturated heterocycles. The van der Waals surface area contributed by atoms with Gasteiger partial charge in [-0.25, -0.2) is 4.98 Å². The average Bonchev–Trinajstić information content (AvgIpc) is 2.86. The van der Waals surface area contributed by atoms with Gasteiger partial charge in [0.25, 0.3) is 0 Å². The van der Waals surface area contributed by atoms with Crippen LogP contribution in [-0.4, -0.2) is 66.5 Å². The molecule has 1 amide bonds. The van der Waals surface area contributed by atoms with E-state index in [9.17, 15) is 4.79 Å². The molecule has 3 heterocycles. The first-order chi connectivity index (χ1) is 10.8. The molecular formula is C17H26N4O. The molecule has 2 aliphatic rings. The number of hydrogen-bond acceptors (Lipinski definition) is 4. The molecule has 0 spiro atoms. The molecular weight excluding hydrogens is 276 g/mol. The van der Waals surface area contributed by atoms with Crippen molar-refractivity contribution in [1.82, 2.24) is 14.8 Å². The lowest BCUT2D eigenvalue weighted by Crippen LogP contribution is -2.50. The van der Waals surface area contributed by atoms with Gasteiger partial charge in [-0.1, -0.05) is 18.9 Å². The zero-order chi connectivity index (χ0) is 15.2. The second kappa shape index (κ2) is 7.58. The molecule has 0 unspecified atom stereocenters. The topological polar surface area (TPSA) is 39.7 Å². The van der Waals surface area contributed by atoms with E-state index in [0.717, 1.165) is 45.1 Å². The van der Waals surface area contributed by atoms with Crippen molar-refractivity contribution < 1.29 is 4.79 Å². The van der Waals surface area contributed by atoms with Gasteiger partial charge >= 0.3 is 0 Å². The van der Waals surface area contributed by atoms with Crippen LogP contribution >= 0.6 is 0 Å². The molecule has 0 N–H and O–H groups in total. The van der Waals surface area contributed by atoms with Crippen molar-refractivity contribution in [2.24, 2.45) is 0 Å². The van der Waals surface area contributed by atoms with E-state index in [2.05, 4.69) is 25.8 Å². The molecule has 0 aliphatic carbocycles. The highest BCUT2D eigenvalue weighted by Gasteiger charge is 2.22. The molecule has 0 radical (unpaired) electrons. The molecule has 5 nitrogen and oxygen atoms in total. The van der Waals surface area contributed by atoms with Crippen LogP contribution in [0.1, 0.15) is 25.7 Å². The summed E-state index contributed by atoms with van der Waals surface area (Å²) >= 11 is 0. The third-order valence-electron chi connectivity index (χ3n) is 4.66. The second-order valence-corrected chi connectivity index (χ2v) is 6.25. The van der Waals surface area contributed by atoms with Crippen molar-refractivity contribution in [3.63, 3.8) is 0 Å². The number of hydrogen-bond donors (Lipinski definition) is 0. The average molecular weight is 302 g/mol. The van der Waals surface area contributed by atoms with Gasteiger partial charge in [0, 0.05) is 45.5 Å². The van der Waals surface area contributed by atoms with Crippen molar-refractivity contribution in [2.45, 2.75) is 25.7 Å². The molecule has 2 aliphatic heterocycles. The van der Waals surface area contributed by atoms with Crippen LogP contribution in [0.25, 0.3) is 0 Å². The summed E-state index contributed by atoms with van der Waals surface area (Å²) in [7, 11) is 0. The summed E-state index contributed by atoms with van der Waals surface area (Å²) in [6.07, 6.45) is 6.71. The minimum atomic E-state index is 0.313. The Morgan fingerprint density at radius 3 is 2.32 bits per heavy atom. The molecule has 0 atom stereocenters. The van der Waals surface area contributed by atoms with Gasteiger partial charge in [0.15, 0.2) is 0 Å². The minimum Gasteiger partial charge on any atom is -0.354 e. The lowest BCUT2D eigenvalue weighted by atomic mass is 10.2. The summed E-state index contributed by atoms with van der Waals surface area (Å²) < 4.78 is 0. The maximum atomic E-state index is 12.4. The fraction of sp³-hybridized carbons (Fsp3) is 0.647. The molecule has 5 heteroatoms. The standard InChI is InChI=1S/C17H26N4O/c22-17(21-9-5-1-2-6-10-21)15-19-11-13-20(14-12-19)16-7-3-4-8-18-16/h3-4,7-8H,1-2,5-6,9-15H2. The highest BCUT2D eigenvalue weighted by Crippen LogP contribution is 2.13. The van der Waals surface area contributed by atoms with Crippen LogP contribution < -0.4 is 4.90 Å². The summed E-state index contributed by atoms with van der Waals surface area (Å²) in [6.45, 7) is 6.26. The largest absolute Gasteiger partial charge is 0.354 e. The third-order valence-corrected chi connectivity index (χ3v) is 4.66. The fourth-order valence-electron chi connectivity index (χ4n) is 3.29. The molecule has 1 aromatic rings. The van der Waals surface area contributed by atoms with E-state index in [-0.39, 0.29) is 0 Å². The van der Waals surface area contributed by atoms with Gasteiger partial charge in [0.05, 0.1) is 6.54 Å². The summed E-state index contributed by atoms with van der Waals surface area (Å²) in [5.74, 6) is 1.36. The van der Waals surface area contributed by atoms with Crippen LogP contribution in [0.5, 0.6) is 0 Å². The number of likely N-dealkylation sites (tertiary alicyclic amines) is 1. The number of carbonyl (C=O) groups excluding carboxylic acids is 1. The van der Waals surface area contributed by atoms with Gasteiger partial charge in [-0.3, -0.25) is 9.69 Å². The predicted molar refractivity (Wildman–Crippen MR) is 87.9 cm³/mol. The Hall–Kier alpha value is -1.62. The van der Waals surface area contributed by atoms with Crippen molar-refractivity contribution >= 4 is 11.7 Å². The number of pyridine rings is 1. The molecule has 120 valence electrons. The number of rotatable bonds is 3. The van der Waals surface area contributed by atoms with Gasteiger partial charge in [-0.2, -0.15) is 0 Å². The first-order valence-corrected chi connectivity index (χ1v) is 8.49. The second-order valence-electron chi connectivity index (χ2n) is 6.25. The maximum Gasteiger partial charge on any atom is 0.236 e. The van der Waals surface area contributed by atoms with Crippen molar-refractivity contribution in [3.8, 4) is 0 Å². The van der Waals surface area contributed by atoms with E-state index in [1.807, 2.05) is 18.3 Å². The van der Waals surface area contributed by atoms with Gasteiger partial charge in [-0.05, 0) is 25.0 Å². The van der Waals surface area contributed by atoms with E-state index >= 15 is 0 Å². The molecule has 0 aromatic carbocycles. The van der Waals surface area contributed by atoms with Crippen LogP contribution in [0.2, 0.25) is 0 Å². The Balaban J connectivity index is 1.46. The summed E-state index contributed by atoms with van der Waals surface area (Å²) in [5.41, 5.74) is 0. The van der Waals surface area contributed by atoms with E-state index in [0.29, 0.717) is 12.5 Å². The highest BCUT2D eigenvalue weighted by atomic mass is 16.2. The van der Waals surface area contributed by atoms with Gasteiger partial charge in [0.1, 0.15) is 5.82 Å². The normalized spacial score (nSPS) is 20.7. The number of anilines is 1. The summed E-state index contributed by atoms with van der Waals surface area (Å²) in [6, 6.07) is 6.02. The zero-order valence-corrected chi connectivity index (χ0v) is 13.3. The quantitative estimate of drug-likeness (QED) is 0.850. The number of amides is 1. The van der Waals surface area contributed by atoms with Gasteiger partial charge in [0.2, 0.25) is 5.91 Å². The van der Waals surface area contributed by atoms with E-state index < -0.39 is 0 Å². The molecule has 0 saturated carbocycles. The van der Waals surface area contributed by atoms with Crippen molar-refractivity contribution in [3.05, 3.63) is 24.4 Å². The van der Waals surface area contributed by atoms with Crippen LogP contribution in [0.4, 0.5) is 5.82 Å². The predicted octanol–water partition coefficient (Wildman–Crippen LogP) is 1.61. The lowest BCUT2D eigenvalue weighted by Gasteiger charge is -2.35. The van der Waals surface area contributed by atoms with Crippen molar-refractivity contribution in [1.29, 1.82) is 0 Å². The number of nitrogens with zero attached hydrogens (tertiary/aromatic N) is 4. The van der Waals surface area contributed by atoms with E-state index in [1.54, 1.807) is 0 Å². The summed E-state index contributed by atoms with van der Waals surface area (Å²) in [5, 5.41) is 0. The molecule has 22 heavy (non-hydrogen) atoms. The monoisotopic (exact) mass is 302 g/mol. The Morgan fingerprint density at radius 1 is 0.955 bits per heavy atom. The maximum absolute atomic E-state index is 12.4. The van der Waals surface area contributed by atoms with E-state index in [1.165, 1.54) is 25.7 Å². The Kier molecular flexibility index (Phi) is 5.27. The van der Waals surface area contributed by atoms with Gasteiger partial charge in [-0.15, -0.1) is 0 Å². The van der Waals surface area contributed by atoms with Crippen molar-refractivity contribution in [2.75, 3.05) is 50.7 Å². The number of carbonyl (C=O) groups is 1. The zero-order valence-electron chi connectivity index (χ0n) is 13.3. The first-order valence-electron chi connectivity index (χ1n) is 8.49. The van der Waals surface area contributed by atoms with E-state index in [4.69, 9.17) is 0 Å². The fourth-order valence-corrected chi connectivity index (χ4v) is 3.29. The highest BCUT2D eigenvalue weighted by molar-refractivity contribution is 5.78. The molecule has 3 rings (SSSR count). The minimum absolute atomic E-state index is 0.313. The van der Waals surface area contributed by atoms with Gasteiger partial charge < -0.3 is 9.80 Å².